The highest BCUT2D eigenvalue weighted by atomic mass is 32.1. The third-order valence-electron chi connectivity index (χ3n) is 2.70. The topological polar surface area (TPSA) is 56.8 Å². The van der Waals surface area contributed by atoms with Crippen molar-refractivity contribution in [3.63, 3.8) is 0 Å². The normalized spacial score (nSPS) is 40.8. The molecule has 2 aliphatic heterocycles. The van der Waals surface area contributed by atoms with E-state index in [9.17, 15) is 4.79 Å². The van der Waals surface area contributed by atoms with E-state index in [1.165, 1.54) is 6.92 Å². The Morgan fingerprint density at radius 2 is 2.12 bits per heavy atom. The number of rotatable bonds is 2. The van der Waals surface area contributed by atoms with E-state index in [4.69, 9.17) is 14.2 Å². The van der Waals surface area contributed by atoms with Crippen molar-refractivity contribution >= 4 is 18.5 Å². The molecule has 0 aromatic rings. The summed E-state index contributed by atoms with van der Waals surface area (Å²) in [6, 6.07) is -0.193. The predicted molar refractivity (Wildman–Crippen MR) is 60.2 cm³/mol. The number of carbonyl (C=O) groups is 1. The van der Waals surface area contributed by atoms with Crippen LogP contribution < -0.4 is 5.32 Å². The number of carbonyl (C=O) groups excluding carboxylic acids is 1. The zero-order chi connectivity index (χ0) is 11.9. The number of thiol groups is 1. The van der Waals surface area contributed by atoms with Gasteiger partial charge >= 0.3 is 0 Å². The number of nitrogens with one attached hydrogen (secondary N) is 1. The van der Waals surface area contributed by atoms with Crippen LogP contribution in [0.4, 0.5) is 0 Å². The summed E-state index contributed by atoms with van der Waals surface area (Å²) in [5.74, 6) is -0.243. The van der Waals surface area contributed by atoms with Crippen LogP contribution in [0.1, 0.15) is 20.8 Å². The van der Waals surface area contributed by atoms with Crippen LogP contribution in [-0.2, 0) is 19.0 Å². The van der Waals surface area contributed by atoms with Crippen molar-refractivity contribution in [2.45, 2.75) is 51.1 Å². The summed E-state index contributed by atoms with van der Waals surface area (Å²) in [5.41, 5.74) is 0. The summed E-state index contributed by atoms with van der Waals surface area (Å²) in [6.45, 7) is 5.13. The molecule has 6 heteroatoms. The first-order valence-corrected chi connectivity index (χ1v) is 5.95. The number of amides is 1. The van der Waals surface area contributed by atoms with Gasteiger partial charge in [-0.2, -0.15) is 12.6 Å². The van der Waals surface area contributed by atoms with Gasteiger partial charge in [0, 0.05) is 12.7 Å². The highest BCUT2D eigenvalue weighted by molar-refractivity contribution is 7.80. The highest BCUT2D eigenvalue weighted by Crippen LogP contribution is 2.37. The molecule has 16 heavy (non-hydrogen) atoms. The molecule has 0 saturated carbocycles. The molecule has 1 N–H and O–H groups in total. The zero-order valence-electron chi connectivity index (χ0n) is 9.60. The van der Waals surface area contributed by atoms with Gasteiger partial charge < -0.3 is 19.5 Å². The predicted octanol–water partition coefficient (Wildman–Crippen LogP) is 0.297. The van der Waals surface area contributed by atoms with Crippen molar-refractivity contribution in [1.29, 1.82) is 0 Å². The number of fused-ring (bicyclic) bond motifs is 1. The van der Waals surface area contributed by atoms with Crippen molar-refractivity contribution in [2.24, 2.45) is 0 Å². The van der Waals surface area contributed by atoms with Crippen LogP contribution in [0.2, 0.25) is 0 Å². The largest absolute Gasteiger partial charge is 0.348 e. The summed E-state index contributed by atoms with van der Waals surface area (Å²) in [7, 11) is 0. The van der Waals surface area contributed by atoms with Gasteiger partial charge in [-0.1, -0.05) is 0 Å². The molecule has 4 atom stereocenters. The minimum atomic E-state index is -0.659. The van der Waals surface area contributed by atoms with Gasteiger partial charge in [-0.15, -0.1) is 0 Å². The average molecular weight is 247 g/mol. The monoisotopic (exact) mass is 247 g/mol. The first kappa shape index (κ1) is 12.2. The van der Waals surface area contributed by atoms with Crippen LogP contribution in [0.15, 0.2) is 0 Å². The molecule has 0 bridgehead atoms. The maximum Gasteiger partial charge on any atom is 0.217 e. The van der Waals surface area contributed by atoms with Gasteiger partial charge in [0.1, 0.15) is 6.10 Å². The number of ether oxygens (including phenoxy) is 3. The van der Waals surface area contributed by atoms with Gasteiger partial charge in [-0.3, -0.25) is 4.79 Å². The lowest BCUT2D eigenvalue weighted by molar-refractivity contribution is -0.204. The molecule has 2 saturated heterocycles. The summed E-state index contributed by atoms with van der Waals surface area (Å²) in [5, 5.41) is 2.83. The number of hydrogen-bond donors (Lipinski definition) is 2. The Bertz CT molecular complexity index is 297. The first-order valence-electron chi connectivity index (χ1n) is 5.32. The Labute approximate surface area is 100 Å². The average Bonchev–Trinajstić information content (AvgIpc) is 2.59. The summed E-state index contributed by atoms with van der Waals surface area (Å²) < 4.78 is 17.0. The molecule has 5 nitrogen and oxygen atoms in total. The Kier molecular flexibility index (Phi) is 3.18. The minimum Gasteiger partial charge on any atom is -0.348 e. The minimum absolute atomic E-state index is 0.102. The molecule has 2 heterocycles. The lowest BCUT2D eigenvalue weighted by Crippen LogP contribution is -2.48. The van der Waals surface area contributed by atoms with E-state index < -0.39 is 12.1 Å². The van der Waals surface area contributed by atoms with Gasteiger partial charge in [-0.05, 0) is 13.8 Å². The molecular formula is C10H17NO4S. The molecule has 2 aliphatic rings. The van der Waals surface area contributed by atoms with Crippen LogP contribution in [0.3, 0.4) is 0 Å². The molecule has 0 unspecified atom stereocenters. The molecule has 92 valence electrons. The second kappa shape index (κ2) is 4.18. The second-order valence-corrected chi connectivity index (χ2v) is 4.92. The lowest BCUT2D eigenvalue weighted by atomic mass is 10.1. The van der Waals surface area contributed by atoms with E-state index in [1.54, 1.807) is 0 Å². The van der Waals surface area contributed by atoms with Crippen molar-refractivity contribution in [2.75, 3.05) is 5.75 Å². The van der Waals surface area contributed by atoms with Gasteiger partial charge in [0.25, 0.3) is 0 Å². The van der Waals surface area contributed by atoms with E-state index in [0.29, 0.717) is 5.75 Å². The van der Waals surface area contributed by atoms with E-state index in [2.05, 4.69) is 17.9 Å². The second-order valence-electron chi connectivity index (χ2n) is 4.55. The summed E-state index contributed by atoms with van der Waals surface area (Å²) in [6.07, 6.45) is -0.835. The summed E-state index contributed by atoms with van der Waals surface area (Å²) >= 11 is 4.20. The molecule has 2 rings (SSSR count). The quantitative estimate of drug-likeness (QED) is 0.689. The standard InChI is InChI=1S/C10H17NO4S/c1-5(12)11-7-6(4-16)13-9-8(7)14-10(2,3)15-9/h6-9,16H,4H2,1-3H3,(H,11,12)/t6-,7-,8-,9-/m1/s1. The van der Waals surface area contributed by atoms with Gasteiger partial charge in [-0.25, -0.2) is 0 Å². The molecule has 0 aromatic carbocycles. The van der Waals surface area contributed by atoms with E-state index >= 15 is 0 Å². The van der Waals surface area contributed by atoms with Crippen LogP contribution in [0.5, 0.6) is 0 Å². The highest BCUT2D eigenvalue weighted by Gasteiger charge is 2.54. The van der Waals surface area contributed by atoms with E-state index in [-0.39, 0.29) is 24.2 Å². The Morgan fingerprint density at radius 1 is 1.44 bits per heavy atom. The van der Waals surface area contributed by atoms with E-state index in [0.717, 1.165) is 0 Å². The maximum absolute atomic E-state index is 11.1. The Morgan fingerprint density at radius 3 is 2.69 bits per heavy atom. The van der Waals surface area contributed by atoms with Crippen LogP contribution in [-0.4, -0.2) is 42.0 Å². The fourth-order valence-corrected chi connectivity index (χ4v) is 2.45. The smallest absolute Gasteiger partial charge is 0.217 e. The molecule has 1 amide bonds. The molecule has 0 aromatic heterocycles. The van der Waals surface area contributed by atoms with Gasteiger partial charge in [0.2, 0.25) is 5.91 Å². The lowest BCUT2D eigenvalue weighted by Gasteiger charge is -2.25. The zero-order valence-corrected chi connectivity index (χ0v) is 10.5. The van der Waals surface area contributed by atoms with Crippen LogP contribution >= 0.6 is 12.6 Å². The fourth-order valence-electron chi connectivity index (χ4n) is 2.14. The van der Waals surface area contributed by atoms with Gasteiger partial charge in [0.15, 0.2) is 12.1 Å². The maximum atomic E-state index is 11.1. The SMILES string of the molecule is CC(=O)N[C@H]1[C@H]2OC(C)(C)O[C@H]2O[C@@H]1CS. The molecular weight excluding hydrogens is 230 g/mol. The molecule has 0 radical (unpaired) electrons. The first-order chi connectivity index (χ1) is 7.43. The van der Waals surface area contributed by atoms with Crippen molar-refractivity contribution in [3.8, 4) is 0 Å². The van der Waals surface area contributed by atoms with Crippen LogP contribution in [0, 0.1) is 0 Å². The number of hydrogen-bond acceptors (Lipinski definition) is 5. The Hall–Kier alpha value is -0.300. The third-order valence-corrected chi connectivity index (χ3v) is 3.06. The van der Waals surface area contributed by atoms with Crippen molar-refractivity contribution < 1.29 is 19.0 Å². The molecule has 0 aliphatic carbocycles. The molecule has 0 spiro atoms. The van der Waals surface area contributed by atoms with Crippen molar-refractivity contribution in [1.82, 2.24) is 5.32 Å². The van der Waals surface area contributed by atoms with Gasteiger partial charge in [0.05, 0.1) is 12.1 Å². The summed E-state index contributed by atoms with van der Waals surface area (Å²) in [4.78, 5) is 11.1. The van der Waals surface area contributed by atoms with Crippen LogP contribution in [0.25, 0.3) is 0 Å². The molecule has 2 fully saturated rings. The van der Waals surface area contributed by atoms with Crippen molar-refractivity contribution in [3.05, 3.63) is 0 Å². The Balaban J connectivity index is 2.10. The third kappa shape index (κ3) is 2.20. The van der Waals surface area contributed by atoms with E-state index in [1.807, 2.05) is 13.8 Å². The fraction of sp³-hybridized carbons (Fsp3) is 0.900.